The van der Waals surface area contributed by atoms with Gasteiger partial charge in [-0.25, -0.2) is 0 Å². The van der Waals surface area contributed by atoms with Crippen LogP contribution in [0.3, 0.4) is 0 Å². The van der Waals surface area contributed by atoms with Crippen LogP contribution in [0.1, 0.15) is 37.8 Å². The Morgan fingerprint density at radius 2 is 2.08 bits per heavy atom. The van der Waals surface area contributed by atoms with Crippen LogP contribution < -0.4 is 10.6 Å². The second kappa shape index (κ2) is 11.4. The molecule has 0 bridgehead atoms. The minimum absolute atomic E-state index is 0. The molecule has 1 aromatic heterocycles. The van der Waals surface area contributed by atoms with E-state index >= 15 is 0 Å². The Labute approximate surface area is 174 Å². The number of aliphatic imine (C=N–C) groups is 1. The average molecular weight is 473 g/mol. The van der Waals surface area contributed by atoms with Crippen LogP contribution in [0.4, 0.5) is 0 Å². The smallest absolute Gasteiger partial charge is 0.225 e. The topological polar surface area (TPSA) is 69.6 Å². The van der Waals surface area contributed by atoms with Crippen molar-refractivity contribution >= 4 is 35.8 Å². The second-order valence-electron chi connectivity index (χ2n) is 6.95. The number of amides is 1. The summed E-state index contributed by atoms with van der Waals surface area (Å²) in [4.78, 5) is 22.5. The Hall–Kier alpha value is -1.38. The van der Waals surface area contributed by atoms with Crippen molar-refractivity contribution < 1.29 is 4.79 Å². The number of carbonyl (C=O) groups excluding carboxylic acids is 1. The molecule has 1 aliphatic heterocycles. The second-order valence-corrected chi connectivity index (χ2v) is 6.95. The molecule has 2 rings (SSSR count). The number of guanidine groups is 1. The molecule has 0 unspecified atom stereocenters. The lowest BCUT2D eigenvalue weighted by Crippen LogP contribution is -2.50. The van der Waals surface area contributed by atoms with E-state index in [1.54, 1.807) is 7.05 Å². The third-order valence-corrected chi connectivity index (χ3v) is 4.69. The summed E-state index contributed by atoms with van der Waals surface area (Å²) in [5.74, 6) is 1.17. The number of rotatable bonds is 5. The van der Waals surface area contributed by atoms with Crippen LogP contribution in [0.2, 0.25) is 0 Å². The monoisotopic (exact) mass is 473 g/mol. The number of likely N-dealkylation sites (tertiary alicyclic amines) is 1. The molecule has 1 fully saturated rings. The highest BCUT2D eigenvalue weighted by atomic mass is 127. The van der Waals surface area contributed by atoms with Gasteiger partial charge in [0.05, 0.1) is 0 Å². The quantitative estimate of drug-likeness (QED) is 0.392. The van der Waals surface area contributed by atoms with Gasteiger partial charge in [0, 0.05) is 51.0 Å². The van der Waals surface area contributed by atoms with E-state index in [0.717, 1.165) is 44.9 Å². The van der Waals surface area contributed by atoms with E-state index in [-0.39, 0.29) is 35.8 Å². The number of nitrogens with one attached hydrogen (secondary N) is 2. The first kappa shape index (κ1) is 22.7. The van der Waals surface area contributed by atoms with Gasteiger partial charge in [-0.1, -0.05) is 13.8 Å². The molecule has 7 heteroatoms. The van der Waals surface area contributed by atoms with Gasteiger partial charge in [-0.3, -0.25) is 14.8 Å². The third kappa shape index (κ3) is 6.74. The molecule has 0 aromatic carbocycles. The lowest BCUT2D eigenvalue weighted by molar-refractivity contribution is -0.135. The minimum Gasteiger partial charge on any atom is -0.356 e. The van der Waals surface area contributed by atoms with E-state index in [0.29, 0.717) is 6.04 Å². The Bertz CT molecular complexity index is 597. The van der Waals surface area contributed by atoms with Crippen molar-refractivity contribution in [3.05, 3.63) is 29.6 Å². The van der Waals surface area contributed by atoms with Crippen molar-refractivity contribution in [3.8, 4) is 0 Å². The number of halogens is 1. The van der Waals surface area contributed by atoms with Crippen LogP contribution >= 0.6 is 24.0 Å². The third-order valence-electron chi connectivity index (χ3n) is 4.69. The number of hydrogen-bond donors (Lipinski definition) is 2. The van der Waals surface area contributed by atoms with E-state index in [1.165, 1.54) is 11.1 Å². The maximum atomic E-state index is 12.1. The van der Waals surface area contributed by atoms with E-state index in [1.807, 2.05) is 31.1 Å². The summed E-state index contributed by atoms with van der Waals surface area (Å²) in [6.45, 7) is 8.48. The average Bonchev–Trinajstić information content (AvgIpc) is 2.62. The molecule has 6 nitrogen and oxygen atoms in total. The molecule has 1 amide bonds. The molecular weight excluding hydrogens is 441 g/mol. The lowest BCUT2D eigenvalue weighted by atomic mass is 10.0. The summed E-state index contributed by atoms with van der Waals surface area (Å²) in [7, 11) is 1.80. The first-order valence-corrected chi connectivity index (χ1v) is 9.16. The zero-order valence-electron chi connectivity index (χ0n) is 16.3. The lowest BCUT2D eigenvalue weighted by Gasteiger charge is -2.34. The molecule has 26 heavy (non-hydrogen) atoms. The predicted molar refractivity (Wildman–Crippen MR) is 117 cm³/mol. The molecule has 0 aliphatic carbocycles. The van der Waals surface area contributed by atoms with E-state index in [4.69, 9.17) is 0 Å². The number of piperidine rings is 1. The van der Waals surface area contributed by atoms with E-state index in [2.05, 4.69) is 33.6 Å². The number of carbonyl (C=O) groups is 1. The largest absolute Gasteiger partial charge is 0.356 e. The van der Waals surface area contributed by atoms with Crippen LogP contribution in [0, 0.1) is 12.8 Å². The van der Waals surface area contributed by atoms with Gasteiger partial charge in [0.25, 0.3) is 0 Å². The number of nitrogens with zero attached hydrogens (tertiary/aromatic N) is 3. The highest BCUT2D eigenvalue weighted by molar-refractivity contribution is 14.0. The van der Waals surface area contributed by atoms with Gasteiger partial charge in [-0.2, -0.15) is 0 Å². The fraction of sp³-hybridized carbons (Fsp3) is 0.632. The Balaban J connectivity index is 0.00000338. The summed E-state index contributed by atoms with van der Waals surface area (Å²) >= 11 is 0. The van der Waals surface area contributed by atoms with Gasteiger partial charge in [0.15, 0.2) is 5.96 Å². The molecule has 1 saturated heterocycles. The number of aromatic nitrogens is 1. The molecule has 2 N–H and O–H groups in total. The fourth-order valence-corrected chi connectivity index (χ4v) is 3.10. The highest BCUT2D eigenvalue weighted by Gasteiger charge is 2.24. The predicted octanol–water partition coefficient (Wildman–Crippen LogP) is 2.36. The highest BCUT2D eigenvalue weighted by Crippen LogP contribution is 2.13. The van der Waals surface area contributed by atoms with Crippen LogP contribution in [0.5, 0.6) is 0 Å². The van der Waals surface area contributed by atoms with Crippen molar-refractivity contribution in [2.24, 2.45) is 10.9 Å². The first-order chi connectivity index (χ1) is 12.0. The molecule has 1 aromatic rings. The summed E-state index contributed by atoms with van der Waals surface area (Å²) in [5, 5.41) is 6.87. The standard InChI is InChI=1S/C19H31N5O.HI/c1-14(2)18(25)24-11-7-17(8-12-24)23-19(20-4)22-10-6-16-5-9-21-13-15(16)3;/h5,9,13-14,17H,6-8,10-12H2,1-4H3,(H2,20,22,23);1H. The van der Waals surface area contributed by atoms with Gasteiger partial charge >= 0.3 is 0 Å². The van der Waals surface area contributed by atoms with Crippen molar-refractivity contribution in [3.63, 3.8) is 0 Å². The summed E-state index contributed by atoms with van der Waals surface area (Å²) in [6, 6.07) is 2.43. The molecule has 0 spiro atoms. The molecule has 0 atom stereocenters. The van der Waals surface area contributed by atoms with Crippen molar-refractivity contribution in [2.45, 2.75) is 46.1 Å². The zero-order valence-corrected chi connectivity index (χ0v) is 18.6. The number of pyridine rings is 1. The molecule has 2 heterocycles. The van der Waals surface area contributed by atoms with Gasteiger partial charge in [-0.15, -0.1) is 24.0 Å². The van der Waals surface area contributed by atoms with E-state index < -0.39 is 0 Å². The van der Waals surface area contributed by atoms with E-state index in [9.17, 15) is 4.79 Å². The fourth-order valence-electron chi connectivity index (χ4n) is 3.10. The van der Waals surface area contributed by atoms with Crippen molar-refractivity contribution in [1.82, 2.24) is 20.5 Å². The summed E-state index contributed by atoms with van der Waals surface area (Å²) in [5.41, 5.74) is 2.52. The van der Waals surface area contributed by atoms with Crippen LogP contribution in [-0.2, 0) is 11.2 Å². The van der Waals surface area contributed by atoms with Crippen LogP contribution in [0.15, 0.2) is 23.5 Å². The Morgan fingerprint density at radius 3 is 2.65 bits per heavy atom. The normalized spacial score (nSPS) is 15.6. The first-order valence-electron chi connectivity index (χ1n) is 9.16. The van der Waals surface area contributed by atoms with Crippen molar-refractivity contribution in [2.75, 3.05) is 26.7 Å². The number of aryl methyl sites for hydroxylation is 1. The van der Waals surface area contributed by atoms with Crippen LogP contribution in [0.25, 0.3) is 0 Å². The van der Waals surface area contributed by atoms with Gasteiger partial charge < -0.3 is 15.5 Å². The summed E-state index contributed by atoms with van der Waals surface area (Å²) in [6.07, 6.45) is 6.60. The SMILES string of the molecule is CN=C(NCCc1ccncc1C)NC1CCN(C(=O)C(C)C)CC1.I. The Kier molecular flexibility index (Phi) is 9.90. The minimum atomic E-state index is 0. The molecule has 0 radical (unpaired) electrons. The van der Waals surface area contributed by atoms with Crippen LogP contribution in [-0.4, -0.2) is 54.5 Å². The van der Waals surface area contributed by atoms with Gasteiger partial charge in [-0.05, 0) is 43.4 Å². The number of hydrogen-bond acceptors (Lipinski definition) is 3. The summed E-state index contributed by atoms with van der Waals surface area (Å²) < 4.78 is 0. The molecule has 1 aliphatic rings. The molecular formula is C19H32IN5O. The Morgan fingerprint density at radius 1 is 1.38 bits per heavy atom. The molecule has 0 saturated carbocycles. The van der Waals surface area contributed by atoms with Crippen molar-refractivity contribution in [1.29, 1.82) is 0 Å². The van der Waals surface area contributed by atoms with Gasteiger partial charge in [0.1, 0.15) is 0 Å². The molecule has 146 valence electrons. The zero-order chi connectivity index (χ0) is 18.2. The maximum Gasteiger partial charge on any atom is 0.225 e. The van der Waals surface area contributed by atoms with Gasteiger partial charge in [0.2, 0.25) is 5.91 Å². The maximum absolute atomic E-state index is 12.1.